The van der Waals surface area contributed by atoms with Gasteiger partial charge in [0.2, 0.25) is 15.9 Å². The van der Waals surface area contributed by atoms with E-state index in [1.807, 2.05) is 32.9 Å². The average Bonchev–Trinajstić information content (AvgIpc) is 2.70. The molecule has 0 saturated heterocycles. The second kappa shape index (κ2) is 10.0. The molecule has 1 amide bonds. The van der Waals surface area contributed by atoms with Crippen LogP contribution in [-0.2, 0) is 21.0 Å². The van der Waals surface area contributed by atoms with Crippen LogP contribution in [-0.4, -0.2) is 34.2 Å². The van der Waals surface area contributed by atoms with Crippen LogP contribution in [0.5, 0.6) is 5.75 Å². The number of aryl methyl sites for hydroxylation is 1. The number of benzene rings is 2. The number of sulfonamides is 1. The first-order valence-electron chi connectivity index (χ1n) is 10.3. The Hall–Kier alpha value is -2.75. The van der Waals surface area contributed by atoms with Gasteiger partial charge < -0.3 is 10.1 Å². The molecule has 0 aliphatic heterocycles. The first-order chi connectivity index (χ1) is 15.1. The fraction of sp³-hybridized carbons (Fsp3) is 0.435. The first-order valence-corrected chi connectivity index (χ1v) is 12.1. The number of hydrogen-bond acceptors (Lipinski definition) is 4. The topological polar surface area (TPSA) is 75.7 Å². The Labute approximate surface area is 192 Å². The van der Waals surface area contributed by atoms with Gasteiger partial charge in [-0.1, -0.05) is 19.9 Å². The highest BCUT2D eigenvalue weighted by Gasteiger charge is 2.32. The van der Waals surface area contributed by atoms with E-state index in [2.05, 4.69) is 5.32 Å². The van der Waals surface area contributed by atoms with Crippen molar-refractivity contribution < 1.29 is 31.1 Å². The monoisotopic (exact) mass is 486 g/mol. The number of ether oxygens (including phenoxy) is 1. The van der Waals surface area contributed by atoms with Crippen LogP contribution in [0.3, 0.4) is 0 Å². The zero-order valence-electron chi connectivity index (χ0n) is 19.4. The first kappa shape index (κ1) is 26.5. The number of carbonyl (C=O) groups is 1. The molecule has 0 aromatic heterocycles. The van der Waals surface area contributed by atoms with Gasteiger partial charge in [0.05, 0.1) is 30.7 Å². The number of alkyl halides is 3. The number of halogens is 3. The minimum absolute atomic E-state index is 0.170. The summed E-state index contributed by atoms with van der Waals surface area (Å²) in [5.41, 5.74) is 1.43. The Morgan fingerprint density at radius 3 is 2.27 bits per heavy atom. The number of carbonyl (C=O) groups excluding carboxylic acids is 1. The largest absolute Gasteiger partial charge is 0.496 e. The molecule has 2 aromatic carbocycles. The number of hydrogen-bond donors (Lipinski definition) is 1. The van der Waals surface area contributed by atoms with Crippen molar-refractivity contribution in [2.45, 2.75) is 45.8 Å². The molecule has 0 bridgehead atoms. The standard InChI is InChI=1S/C23H29F3N2O4S/c1-14(2)19-12-20(15(3)10-21(19)32-5)16(4)27-22(29)13-28(33(6,30)31)18-9-7-8-17(11-18)23(24,25)26/h7-12,14,16H,13H2,1-6H3,(H,27,29)/t16-/m1/s1. The maximum atomic E-state index is 13.1. The summed E-state index contributed by atoms with van der Waals surface area (Å²) in [4.78, 5) is 12.7. The quantitative estimate of drug-likeness (QED) is 0.582. The lowest BCUT2D eigenvalue weighted by Crippen LogP contribution is -2.41. The third-order valence-corrected chi connectivity index (χ3v) is 6.37. The Morgan fingerprint density at radius 1 is 1.12 bits per heavy atom. The van der Waals surface area contributed by atoms with Crippen molar-refractivity contribution in [3.05, 3.63) is 58.7 Å². The van der Waals surface area contributed by atoms with E-state index in [0.717, 1.165) is 40.8 Å². The highest BCUT2D eigenvalue weighted by atomic mass is 32.2. The van der Waals surface area contributed by atoms with Crippen molar-refractivity contribution in [1.29, 1.82) is 0 Å². The Kier molecular flexibility index (Phi) is 8.05. The molecule has 33 heavy (non-hydrogen) atoms. The summed E-state index contributed by atoms with van der Waals surface area (Å²) in [6.45, 7) is 7.00. The lowest BCUT2D eigenvalue weighted by molar-refractivity contribution is -0.137. The fourth-order valence-corrected chi connectivity index (χ4v) is 4.39. The van der Waals surface area contributed by atoms with Crippen molar-refractivity contribution in [2.75, 3.05) is 24.2 Å². The number of amides is 1. The molecule has 182 valence electrons. The van der Waals surface area contributed by atoms with Gasteiger partial charge in [-0.05, 0) is 66.8 Å². The van der Waals surface area contributed by atoms with Crippen LogP contribution >= 0.6 is 0 Å². The van der Waals surface area contributed by atoms with E-state index in [4.69, 9.17) is 4.74 Å². The molecule has 1 N–H and O–H groups in total. The lowest BCUT2D eigenvalue weighted by atomic mass is 9.93. The van der Waals surface area contributed by atoms with Gasteiger partial charge in [-0.3, -0.25) is 9.10 Å². The van der Waals surface area contributed by atoms with E-state index in [9.17, 15) is 26.4 Å². The Balaban J connectivity index is 2.30. The van der Waals surface area contributed by atoms with Crippen LogP contribution in [0.15, 0.2) is 36.4 Å². The molecule has 0 spiro atoms. The van der Waals surface area contributed by atoms with Gasteiger partial charge in [-0.15, -0.1) is 0 Å². The SMILES string of the molecule is COc1cc(C)c([C@@H](C)NC(=O)CN(c2cccc(C(F)(F)F)c2)S(C)(=O)=O)cc1C(C)C. The summed E-state index contributed by atoms with van der Waals surface area (Å²) in [5.74, 6) is 0.257. The summed E-state index contributed by atoms with van der Waals surface area (Å²) in [5, 5.41) is 2.75. The Bertz CT molecular complexity index is 1120. The maximum absolute atomic E-state index is 13.1. The average molecular weight is 487 g/mol. The third kappa shape index (κ3) is 6.63. The van der Waals surface area contributed by atoms with Crippen molar-refractivity contribution in [3.63, 3.8) is 0 Å². The highest BCUT2D eigenvalue weighted by molar-refractivity contribution is 7.92. The summed E-state index contributed by atoms with van der Waals surface area (Å²) < 4.78 is 69.9. The molecule has 0 fully saturated rings. The van der Waals surface area contributed by atoms with Crippen molar-refractivity contribution in [3.8, 4) is 5.75 Å². The van der Waals surface area contributed by atoms with Gasteiger partial charge in [0, 0.05) is 0 Å². The zero-order chi connectivity index (χ0) is 25.1. The second-order valence-corrected chi connectivity index (χ2v) is 10.1. The third-order valence-electron chi connectivity index (χ3n) is 5.23. The van der Waals surface area contributed by atoms with Crippen molar-refractivity contribution >= 4 is 21.6 Å². The van der Waals surface area contributed by atoms with Crippen LogP contribution in [0.25, 0.3) is 0 Å². The molecular formula is C23H29F3N2O4S. The van der Waals surface area contributed by atoms with Crippen LogP contribution in [0.4, 0.5) is 18.9 Å². The molecule has 0 radical (unpaired) electrons. The van der Waals surface area contributed by atoms with Gasteiger partial charge in [0.1, 0.15) is 12.3 Å². The molecule has 0 saturated carbocycles. The number of anilines is 1. The number of methoxy groups -OCH3 is 1. The predicted molar refractivity (Wildman–Crippen MR) is 122 cm³/mol. The minimum atomic E-state index is -4.64. The van der Waals surface area contributed by atoms with Crippen molar-refractivity contribution in [1.82, 2.24) is 5.32 Å². The number of nitrogens with zero attached hydrogens (tertiary/aromatic N) is 1. The number of rotatable bonds is 8. The molecule has 2 rings (SSSR count). The molecule has 10 heteroatoms. The molecule has 0 aliphatic carbocycles. The summed E-state index contributed by atoms with van der Waals surface area (Å²) in [7, 11) is -2.44. The molecule has 6 nitrogen and oxygen atoms in total. The van der Waals surface area contributed by atoms with Gasteiger partial charge in [-0.25, -0.2) is 8.42 Å². The van der Waals surface area contributed by atoms with E-state index in [0.29, 0.717) is 10.4 Å². The van der Waals surface area contributed by atoms with E-state index in [1.54, 1.807) is 14.0 Å². The van der Waals surface area contributed by atoms with Gasteiger partial charge in [0.15, 0.2) is 0 Å². The summed E-state index contributed by atoms with van der Waals surface area (Å²) >= 11 is 0. The molecule has 0 unspecified atom stereocenters. The van der Waals surface area contributed by atoms with E-state index < -0.39 is 40.3 Å². The smallest absolute Gasteiger partial charge is 0.416 e. The molecule has 0 aliphatic rings. The van der Waals surface area contributed by atoms with Gasteiger partial charge in [-0.2, -0.15) is 13.2 Å². The summed E-state index contributed by atoms with van der Waals surface area (Å²) in [6, 6.07) is 7.21. The van der Waals surface area contributed by atoms with Crippen LogP contribution in [0.2, 0.25) is 0 Å². The fourth-order valence-electron chi connectivity index (χ4n) is 3.54. The molecule has 1 atom stereocenters. The van der Waals surface area contributed by atoms with E-state index >= 15 is 0 Å². The highest BCUT2D eigenvalue weighted by Crippen LogP contribution is 2.33. The lowest BCUT2D eigenvalue weighted by Gasteiger charge is -2.25. The number of nitrogens with one attached hydrogen (secondary N) is 1. The maximum Gasteiger partial charge on any atom is 0.416 e. The van der Waals surface area contributed by atoms with Crippen molar-refractivity contribution in [2.24, 2.45) is 0 Å². The van der Waals surface area contributed by atoms with Crippen LogP contribution < -0.4 is 14.4 Å². The normalized spacial score (nSPS) is 13.0. The van der Waals surface area contributed by atoms with E-state index in [-0.39, 0.29) is 11.6 Å². The van der Waals surface area contributed by atoms with Gasteiger partial charge in [0.25, 0.3) is 0 Å². The Morgan fingerprint density at radius 2 is 1.76 bits per heavy atom. The molecule has 2 aromatic rings. The molecule has 0 heterocycles. The van der Waals surface area contributed by atoms with Crippen LogP contribution in [0.1, 0.15) is 55.0 Å². The van der Waals surface area contributed by atoms with E-state index in [1.165, 1.54) is 6.07 Å². The van der Waals surface area contributed by atoms with Gasteiger partial charge >= 0.3 is 6.18 Å². The van der Waals surface area contributed by atoms with Crippen LogP contribution in [0, 0.1) is 6.92 Å². The minimum Gasteiger partial charge on any atom is -0.496 e. The second-order valence-electron chi connectivity index (χ2n) is 8.21. The predicted octanol–water partition coefficient (Wildman–Crippen LogP) is 4.79. The summed E-state index contributed by atoms with van der Waals surface area (Å²) in [6.07, 6.45) is -3.80. The molecular weight excluding hydrogens is 457 g/mol. The zero-order valence-corrected chi connectivity index (χ0v) is 20.3.